The number of aromatic nitrogens is 3. The molecule has 8 heteroatoms. The summed E-state index contributed by atoms with van der Waals surface area (Å²) < 4.78 is 6.47. The van der Waals surface area contributed by atoms with Gasteiger partial charge in [-0.3, -0.25) is 4.79 Å². The van der Waals surface area contributed by atoms with Gasteiger partial charge >= 0.3 is 0 Å². The monoisotopic (exact) mass is 436 g/mol. The number of para-hydroxylation sites is 2. The maximum absolute atomic E-state index is 13.2. The van der Waals surface area contributed by atoms with Gasteiger partial charge in [0.25, 0.3) is 5.56 Å². The lowest BCUT2D eigenvalue weighted by Crippen LogP contribution is -2.22. The summed E-state index contributed by atoms with van der Waals surface area (Å²) in [6, 6.07) is 22.2. The third kappa shape index (κ3) is 3.89. The molecule has 162 valence electrons. The van der Waals surface area contributed by atoms with Gasteiger partial charge in [-0.25, -0.2) is 4.98 Å². The van der Waals surface area contributed by atoms with E-state index in [0.717, 1.165) is 22.2 Å². The van der Waals surface area contributed by atoms with Gasteiger partial charge in [-0.05, 0) is 49.4 Å². The molecule has 0 amide bonds. The van der Waals surface area contributed by atoms with Crippen molar-refractivity contribution in [3.63, 3.8) is 0 Å². The number of ether oxygens (including phenoxy) is 1. The number of benzene rings is 3. The fourth-order valence-corrected chi connectivity index (χ4v) is 3.59. The molecule has 2 aromatic heterocycles. The van der Waals surface area contributed by atoms with Crippen LogP contribution in [0.3, 0.4) is 0 Å². The van der Waals surface area contributed by atoms with Crippen LogP contribution in [0, 0.1) is 6.92 Å². The molecule has 1 N–H and O–H groups in total. The van der Waals surface area contributed by atoms with Gasteiger partial charge in [0.15, 0.2) is 0 Å². The van der Waals surface area contributed by atoms with E-state index in [0.29, 0.717) is 22.4 Å². The number of H-pyrrole nitrogens is 1. The molecular formula is C25H20N6O2. The lowest BCUT2D eigenvalue weighted by Gasteiger charge is -2.07. The van der Waals surface area contributed by atoms with Crippen molar-refractivity contribution in [2.24, 2.45) is 15.3 Å². The number of nitrogens with zero attached hydrogens (tertiary/aromatic N) is 5. The molecule has 0 saturated heterocycles. The second kappa shape index (κ2) is 8.51. The summed E-state index contributed by atoms with van der Waals surface area (Å²) in [7, 11) is 1.61. The molecule has 0 bridgehead atoms. The van der Waals surface area contributed by atoms with Crippen LogP contribution in [0.2, 0.25) is 0 Å². The molecule has 0 fully saturated rings. The van der Waals surface area contributed by atoms with Crippen molar-refractivity contribution in [2.45, 2.75) is 6.92 Å². The lowest BCUT2D eigenvalue weighted by atomic mass is 10.1. The van der Waals surface area contributed by atoms with Gasteiger partial charge in [0.05, 0.1) is 23.7 Å². The fraction of sp³-hybridized carbons (Fsp3) is 0.0800. The molecule has 0 spiro atoms. The van der Waals surface area contributed by atoms with Crippen molar-refractivity contribution in [1.82, 2.24) is 14.6 Å². The summed E-state index contributed by atoms with van der Waals surface area (Å²) in [6.07, 6.45) is 1.81. The minimum Gasteiger partial charge on any atom is -0.497 e. The van der Waals surface area contributed by atoms with Gasteiger partial charge < -0.3 is 9.72 Å². The topological polar surface area (TPSA) is 97.0 Å². The molecule has 2 heterocycles. The first-order valence-electron chi connectivity index (χ1n) is 10.3. The Balaban J connectivity index is 1.68. The van der Waals surface area contributed by atoms with Gasteiger partial charge in [-0.15, -0.1) is 15.3 Å². The zero-order chi connectivity index (χ0) is 22.8. The van der Waals surface area contributed by atoms with Crippen LogP contribution in [0.4, 0.5) is 5.69 Å². The van der Waals surface area contributed by atoms with Gasteiger partial charge in [-0.2, -0.15) is 4.68 Å². The molecule has 8 nitrogen and oxygen atoms in total. The number of methoxy groups -OCH3 is 1. The summed E-state index contributed by atoms with van der Waals surface area (Å²) >= 11 is 0. The molecule has 0 saturated carbocycles. The number of hydrogen-bond acceptors (Lipinski definition) is 5. The largest absolute Gasteiger partial charge is 0.497 e. The lowest BCUT2D eigenvalue weighted by molar-refractivity contribution is 0.415. The highest BCUT2D eigenvalue weighted by Crippen LogP contribution is 2.22. The predicted molar refractivity (Wildman–Crippen MR) is 128 cm³/mol. The SMILES string of the molecule is COc1ccc(N=N/C(=N\n2c(C)nc3ccccc3c2=O)c2c[nH]c3ccccc23)cc1. The summed E-state index contributed by atoms with van der Waals surface area (Å²) in [6.45, 7) is 1.74. The number of aryl methyl sites for hydroxylation is 1. The van der Waals surface area contributed by atoms with Crippen LogP contribution in [0.15, 0.2) is 99.1 Å². The Morgan fingerprint density at radius 2 is 1.70 bits per heavy atom. The quantitative estimate of drug-likeness (QED) is 0.239. The van der Waals surface area contributed by atoms with Gasteiger partial charge in [0.2, 0.25) is 5.84 Å². The number of aromatic amines is 1. The minimum atomic E-state index is -0.268. The molecule has 0 aliphatic heterocycles. The molecule has 0 unspecified atom stereocenters. The summed E-state index contributed by atoms with van der Waals surface area (Å²) in [4.78, 5) is 20.9. The normalized spacial score (nSPS) is 12.1. The maximum Gasteiger partial charge on any atom is 0.282 e. The van der Waals surface area contributed by atoms with Crippen LogP contribution in [-0.4, -0.2) is 27.6 Å². The third-order valence-corrected chi connectivity index (χ3v) is 5.27. The van der Waals surface area contributed by atoms with Crippen LogP contribution in [-0.2, 0) is 0 Å². The van der Waals surface area contributed by atoms with Crippen LogP contribution >= 0.6 is 0 Å². The number of nitrogens with one attached hydrogen (secondary N) is 1. The molecule has 3 aromatic carbocycles. The Kier molecular flexibility index (Phi) is 5.24. The van der Waals surface area contributed by atoms with Crippen LogP contribution in [0.25, 0.3) is 21.8 Å². The Bertz CT molecular complexity index is 1580. The Hall–Kier alpha value is -4.59. The first kappa shape index (κ1) is 20.3. The number of fused-ring (bicyclic) bond motifs is 2. The van der Waals surface area contributed by atoms with Crippen molar-refractivity contribution in [1.29, 1.82) is 0 Å². The van der Waals surface area contributed by atoms with Crippen LogP contribution < -0.4 is 10.3 Å². The zero-order valence-corrected chi connectivity index (χ0v) is 18.1. The zero-order valence-electron chi connectivity index (χ0n) is 18.1. The van der Waals surface area contributed by atoms with E-state index in [1.165, 1.54) is 4.68 Å². The first-order chi connectivity index (χ1) is 16.1. The number of azo groups is 1. The van der Waals surface area contributed by atoms with Crippen LogP contribution in [0.1, 0.15) is 11.4 Å². The standard InChI is InChI=1S/C25H20N6O2/c1-16-27-23-10-6-4-8-20(23)25(32)31(16)30-24(21-15-26-22-9-5-3-7-19(21)22)29-28-17-11-13-18(33-2)14-12-17/h3-15,26H,1-2H3/b29-28?,30-24-. The number of hydrogen-bond donors (Lipinski definition) is 1. The van der Waals surface area contributed by atoms with Crippen molar-refractivity contribution in [3.8, 4) is 5.75 Å². The fourth-order valence-electron chi connectivity index (χ4n) is 3.59. The second-order valence-corrected chi connectivity index (χ2v) is 7.36. The molecule has 5 rings (SSSR count). The maximum atomic E-state index is 13.2. The Morgan fingerprint density at radius 3 is 2.48 bits per heavy atom. The van der Waals surface area contributed by atoms with Gasteiger partial charge in [0, 0.05) is 22.7 Å². The smallest absolute Gasteiger partial charge is 0.282 e. The van der Waals surface area contributed by atoms with Crippen molar-refractivity contribution in [2.75, 3.05) is 7.11 Å². The van der Waals surface area contributed by atoms with E-state index in [1.807, 2.05) is 42.6 Å². The highest BCUT2D eigenvalue weighted by atomic mass is 16.5. The number of amidine groups is 1. The molecule has 0 aliphatic rings. The van der Waals surface area contributed by atoms with Crippen molar-refractivity contribution in [3.05, 3.63) is 101 Å². The third-order valence-electron chi connectivity index (χ3n) is 5.27. The van der Waals surface area contributed by atoms with E-state index in [2.05, 4.69) is 25.3 Å². The van der Waals surface area contributed by atoms with Gasteiger partial charge in [0.1, 0.15) is 11.6 Å². The van der Waals surface area contributed by atoms with E-state index < -0.39 is 0 Å². The second-order valence-electron chi connectivity index (χ2n) is 7.36. The Morgan fingerprint density at radius 1 is 0.970 bits per heavy atom. The van der Waals surface area contributed by atoms with Crippen molar-refractivity contribution < 1.29 is 4.74 Å². The summed E-state index contributed by atoms with van der Waals surface area (Å²) in [5, 5.41) is 14.8. The predicted octanol–water partition coefficient (Wildman–Crippen LogP) is 5.19. The van der Waals surface area contributed by atoms with E-state index in [1.54, 1.807) is 50.4 Å². The molecular weight excluding hydrogens is 416 g/mol. The minimum absolute atomic E-state index is 0.268. The highest BCUT2D eigenvalue weighted by Gasteiger charge is 2.13. The van der Waals surface area contributed by atoms with E-state index in [9.17, 15) is 4.79 Å². The molecule has 0 radical (unpaired) electrons. The van der Waals surface area contributed by atoms with Crippen LogP contribution in [0.5, 0.6) is 5.75 Å². The summed E-state index contributed by atoms with van der Waals surface area (Å²) in [5.74, 6) is 1.46. The number of rotatable bonds is 4. The summed E-state index contributed by atoms with van der Waals surface area (Å²) in [5.41, 5.74) is 2.64. The highest BCUT2D eigenvalue weighted by molar-refractivity contribution is 6.09. The average Bonchev–Trinajstić information content (AvgIpc) is 3.28. The molecule has 33 heavy (non-hydrogen) atoms. The van der Waals surface area contributed by atoms with E-state index in [4.69, 9.17) is 4.74 Å². The average molecular weight is 436 g/mol. The first-order valence-corrected chi connectivity index (χ1v) is 10.3. The van der Waals surface area contributed by atoms with Crippen molar-refractivity contribution >= 4 is 33.3 Å². The molecule has 5 aromatic rings. The molecule has 0 atom stereocenters. The Labute approximate surface area is 188 Å². The van der Waals surface area contributed by atoms with E-state index in [-0.39, 0.29) is 11.4 Å². The van der Waals surface area contributed by atoms with E-state index >= 15 is 0 Å². The molecule has 0 aliphatic carbocycles. The van der Waals surface area contributed by atoms with Gasteiger partial charge in [-0.1, -0.05) is 30.3 Å².